The molecule has 0 aliphatic heterocycles. The van der Waals surface area contributed by atoms with E-state index in [9.17, 15) is 0 Å². The predicted molar refractivity (Wildman–Crippen MR) is 125 cm³/mol. The van der Waals surface area contributed by atoms with Crippen LogP contribution in [0.2, 0.25) is 8.73 Å². The zero-order valence-corrected chi connectivity index (χ0v) is 21.0. The molecule has 2 heteroatoms. The van der Waals surface area contributed by atoms with E-state index < -0.39 is 40.4 Å². The number of benzene rings is 4. The molecule has 4 aromatic rings. The van der Waals surface area contributed by atoms with E-state index in [0.29, 0.717) is 0 Å². The topological polar surface area (TPSA) is 0 Å². The minimum atomic E-state index is -1.74. The van der Waals surface area contributed by atoms with Crippen molar-refractivity contribution in [3.63, 3.8) is 0 Å². The molecule has 0 bridgehead atoms. The Morgan fingerprint density at radius 1 is 0.321 bits per heavy atom. The molecule has 0 unspecified atom stereocenters. The van der Waals surface area contributed by atoms with Crippen molar-refractivity contribution < 1.29 is 0 Å². The summed E-state index contributed by atoms with van der Waals surface area (Å²) in [5.74, 6) is 0. The average Bonchev–Trinajstić information content (AvgIpc) is 2.79. The first-order valence-electron chi connectivity index (χ1n) is 9.67. The van der Waals surface area contributed by atoms with Gasteiger partial charge in [-0.3, -0.25) is 0 Å². The Labute approximate surface area is 183 Å². The first-order chi connectivity index (χ1) is 13.9. The molecule has 0 nitrogen and oxygen atoms in total. The van der Waals surface area contributed by atoms with Crippen LogP contribution in [0.3, 0.4) is 0 Å². The van der Waals surface area contributed by atoms with Gasteiger partial charge in [-0.25, -0.2) is 0 Å². The van der Waals surface area contributed by atoms with Crippen LogP contribution in [0.1, 0.15) is 0 Å². The molecule has 0 spiro atoms. The number of hydrogen-bond acceptors (Lipinski definition) is 0. The second-order valence-corrected chi connectivity index (χ2v) is 20.0. The molecule has 0 heterocycles. The zero-order valence-electron chi connectivity index (χ0n) is 15.9. The Balaban J connectivity index is 1.64. The van der Waals surface area contributed by atoms with Gasteiger partial charge >= 0.3 is 185 Å². The Morgan fingerprint density at radius 2 is 0.536 bits per heavy atom. The third kappa shape index (κ3) is 5.11. The summed E-state index contributed by atoms with van der Waals surface area (Å²) in [6.45, 7) is 0. The van der Waals surface area contributed by atoms with Crippen molar-refractivity contribution in [1.82, 2.24) is 0 Å². The Hall–Kier alpha value is -1.48. The standard InChI is InChI=1S/4C6H5.C2H4.2Sb/c4*1-2-4-6-5-3-1;1-2;;/h4*1-5H;1-2H2;;. The molecule has 0 atom stereocenters. The van der Waals surface area contributed by atoms with Gasteiger partial charge in [0.1, 0.15) is 0 Å². The van der Waals surface area contributed by atoms with Gasteiger partial charge in [0.2, 0.25) is 0 Å². The SMILES string of the molecule is c1cc[c]([Sb]([CH2][CH2][Sb]([c]2ccccc2)[c]2ccccc2)[c]2ccccc2)cc1. The third-order valence-electron chi connectivity index (χ3n) is 4.82. The summed E-state index contributed by atoms with van der Waals surface area (Å²) >= 11 is -3.48. The van der Waals surface area contributed by atoms with Crippen LogP contribution in [0.4, 0.5) is 0 Å². The van der Waals surface area contributed by atoms with E-state index in [0.717, 1.165) is 0 Å². The monoisotopic (exact) mass is 578 g/mol. The molecule has 4 aromatic carbocycles. The van der Waals surface area contributed by atoms with Gasteiger partial charge in [-0.1, -0.05) is 0 Å². The van der Waals surface area contributed by atoms with Gasteiger partial charge in [-0.2, -0.15) is 0 Å². The van der Waals surface area contributed by atoms with E-state index in [2.05, 4.69) is 121 Å². The zero-order chi connectivity index (χ0) is 19.0. The Morgan fingerprint density at radius 3 is 0.750 bits per heavy atom. The van der Waals surface area contributed by atoms with Crippen LogP contribution >= 0.6 is 0 Å². The Bertz CT molecular complexity index is 792. The van der Waals surface area contributed by atoms with Gasteiger partial charge < -0.3 is 0 Å². The van der Waals surface area contributed by atoms with Crippen molar-refractivity contribution in [3.05, 3.63) is 121 Å². The molecule has 0 radical (unpaired) electrons. The molecule has 0 fully saturated rings. The van der Waals surface area contributed by atoms with Crippen LogP contribution in [0.25, 0.3) is 0 Å². The normalized spacial score (nSPS) is 11.1. The van der Waals surface area contributed by atoms with Crippen LogP contribution in [0, 0.1) is 0 Å². The summed E-state index contributed by atoms with van der Waals surface area (Å²) in [4.78, 5) is 0. The first-order valence-corrected chi connectivity index (χ1v) is 18.4. The quantitative estimate of drug-likeness (QED) is 0.294. The van der Waals surface area contributed by atoms with Gasteiger partial charge in [-0.15, -0.1) is 0 Å². The molecule has 28 heavy (non-hydrogen) atoms. The number of hydrogen-bond donors (Lipinski definition) is 0. The summed E-state index contributed by atoms with van der Waals surface area (Å²) in [5.41, 5.74) is 0. The van der Waals surface area contributed by atoms with Crippen LogP contribution in [-0.4, -0.2) is 40.4 Å². The van der Waals surface area contributed by atoms with E-state index in [1.54, 1.807) is 14.0 Å². The van der Waals surface area contributed by atoms with Crippen LogP contribution in [0.15, 0.2) is 121 Å². The van der Waals surface area contributed by atoms with Crippen molar-refractivity contribution in [2.75, 3.05) is 0 Å². The van der Waals surface area contributed by atoms with E-state index in [-0.39, 0.29) is 0 Å². The molecule has 0 aliphatic carbocycles. The van der Waals surface area contributed by atoms with E-state index in [1.807, 2.05) is 0 Å². The third-order valence-corrected chi connectivity index (χ3v) is 22.3. The van der Waals surface area contributed by atoms with Crippen LogP contribution in [-0.2, 0) is 0 Å². The fraction of sp³-hybridized carbons (Fsp3) is 0.0769. The van der Waals surface area contributed by atoms with Gasteiger partial charge in [0.15, 0.2) is 0 Å². The molecule has 0 N–H and O–H groups in total. The second kappa shape index (κ2) is 10.3. The van der Waals surface area contributed by atoms with Gasteiger partial charge in [0.25, 0.3) is 0 Å². The van der Waals surface area contributed by atoms with E-state index in [1.165, 1.54) is 8.73 Å². The molecule has 0 saturated carbocycles. The molecule has 138 valence electrons. The molecular formula is C26H24Sb2. The van der Waals surface area contributed by atoms with Crippen molar-refractivity contribution in [1.29, 1.82) is 0 Å². The summed E-state index contributed by atoms with van der Waals surface area (Å²) in [6, 6.07) is 45.2. The average molecular weight is 580 g/mol. The van der Waals surface area contributed by atoms with Gasteiger partial charge in [0.05, 0.1) is 0 Å². The molecule has 4 rings (SSSR count). The molecular weight excluding hydrogens is 556 g/mol. The van der Waals surface area contributed by atoms with E-state index >= 15 is 0 Å². The molecule has 0 aromatic heterocycles. The molecule has 0 saturated heterocycles. The Kier molecular flexibility index (Phi) is 7.32. The van der Waals surface area contributed by atoms with Crippen molar-refractivity contribution in [2.24, 2.45) is 0 Å². The maximum atomic E-state index is 2.36. The second-order valence-electron chi connectivity index (χ2n) is 6.65. The number of rotatable bonds is 7. The van der Waals surface area contributed by atoms with E-state index in [4.69, 9.17) is 0 Å². The molecule has 0 amide bonds. The minimum absolute atomic E-state index is 1.38. The van der Waals surface area contributed by atoms with Gasteiger partial charge in [0, 0.05) is 0 Å². The summed E-state index contributed by atoms with van der Waals surface area (Å²) in [6.07, 6.45) is 0. The maximum absolute atomic E-state index is 2.36. The van der Waals surface area contributed by atoms with Crippen molar-refractivity contribution >= 4 is 54.5 Å². The first kappa shape index (κ1) is 19.8. The fourth-order valence-electron chi connectivity index (χ4n) is 3.45. The van der Waals surface area contributed by atoms with Gasteiger partial charge in [-0.05, 0) is 0 Å². The fourth-order valence-corrected chi connectivity index (χ4v) is 23.0. The summed E-state index contributed by atoms with van der Waals surface area (Å²) in [5, 5.41) is 0. The van der Waals surface area contributed by atoms with Crippen LogP contribution in [0.5, 0.6) is 0 Å². The molecule has 0 aliphatic rings. The van der Waals surface area contributed by atoms with Crippen LogP contribution < -0.4 is 14.0 Å². The predicted octanol–water partition coefficient (Wildman–Crippen LogP) is 3.60. The summed E-state index contributed by atoms with van der Waals surface area (Å²) in [7, 11) is 0. The van der Waals surface area contributed by atoms with Crippen molar-refractivity contribution in [3.8, 4) is 0 Å². The summed E-state index contributed by atoms with van der Waals surface area (Å²) < 4.78 is 9.19. The van der Waals surface area contributed by atoms with Crippen molar-refractivity contribution in [2.45, 2.75) is 8.73 Å².